The molecule has 8 heteroatoms. The molecule has 0 aliphatic carbocycles. The molecule has 0 unspecified atom stereocenters. The van der Waals surface area contributed by atoms with Gasteiger partial charge in [-0.15, -0.1) is 0 Å². The summed E-state index contributed by atoms with van der Waals surface area (Å²) in [7, 11) is 1.50. The van der Waals surface area contributed by atoms with Gasteiger partial charge < -0.3 is 9.47 Å². The number of methoxy groups -OCH3 is 1. The van der Waals surface area contributed by atoms with Crippen LogP contribution in [0.2, 0.25) is 0 Å². The molecule has 0 fully saturated rings. The Hall–Kier alpha value is -1.80. The number of hydrogen-bond donors (Lipinski definition) is 0. The summed E-state index contributed by atoms with van der Waals surface area (Å²) in [6, 6.07) is 3.00. The minimum absolute atomic E-state index is 0.00805. The van der Waals surface area contributed by atoms with Crippen LogP contribution in [0.25, 0.3) is 0 Å². The van der Waals surface area contributed by atoms with E-state index in [1.54, 1.807) is 13.8 Å². The lowest BCUT2D eigenvalue weighted by Gasteiger charge is -2.23. The van der Waals surface area contributed by atoms with Crippen molar-refractivity contribution in [2.24, 2.45) is 5.41 Å². The van der Waals surface area contributed by atoms with Crippen LogP contribution in [0, 0.1) is 28.1 Å². The van der Waals surface area contributed by atoms with Crippen LogP contribution in [0.1, 0.15) is 39.5 Å². The summed E-state index contributed by atoms with van der Waals surface area (Å²) < 4.78 is 46.6. The van der Waals surface area contributed by atoms with Gasteiger partial charge in [0.05, 0.1) is 30.8 Å². The Bertz CT molecular complexity index is 447. The van der Waals surface area contributed by atoms with Gasteiger partial charge >= 0.3 is 12.1 Å². The summed E-state index contributed by atoms with van der Waals surface area (Å²) in [5.41, 5.74) is -2.54. The van der Waals surface area contributed by atoms with Crippen LogP contribution < -0.4 is 0 Å². The molecule has 0 amide bonds. The summed E-state index contributed by atoms with van der Waals surface area (Å²) >= 11 is 0. The van der Waals surface area contributed by atoms with E-state index in [0.717, 1.165) is 0 Å². The van der Waals surface area contributed by atoms with Crippen LogP contribution in [0.4, 0.5) is 13.2 Å². The highest BCUT2D eigenvalue weighted by molar-refractivity contribution is 5.71. The SMILES string of the molecule is COC(C)(C)CCOC(=O)CC(C#N)(C#N)CCC(F)(F)F. The average molecular weight is 320 g/mol. The van der Waals surface area contributed by atoms with Gasteiger partial charge in [-0.05, 0) is 20.3 Å². The molecule has 0 atom stereocenters. The number of ether oxygens (including phenoxy) is 2. The normalized spacial score (nSPS) is 12.4. The van der Waals surface area contributed by atoms with Crippen molar-refractivity contribution in [1.82, 2.24) is 0 Å². The van der Waals surface area contributed by atoms with Crippen LogP contribution in [0.5, 0.6) is 0 Å². The Kier molecular flexibility index (Phi) is 7.34. The maximum absolute atomic E-state index is 12.2. The largest absolute Gasteiger partial charge is 0.465 e. The van der Waals surface area contributed by atoms with E-state index in [-0.39, 0.29) is 6.61 Å². The first-order valence-corrected chi connectivity index (χ1v) is 6.59. The lowest BCUT2D eigenvalue weighted by molar-refractivity contribution is -0.150. The molecule has 0 heterocycles. The van der Waals surface area contributed by atoms with E-state index in [4.69, 9.17) is 20.0 Å². The highest BCUT2D eigenvalue weighted by Gasteiger charge is 2.39. The number of carbonyl (C=O) groups is 1. The monoisotopic (exact) mass is 320 g/mol. The summed E-state index contributed by atoms with van der Waals surface area (Å²) in [6.45, 7) is 3.55. The second kappa shape index (κ2) is 8.00. The maximum Gasteiger partial charge on any atom is 0.389 e. The quantitative estimate of drug-likeness (QED) is 0.642. The van der Waals surface area contributed by atoms with Gasteiger partial charge in [0.2, 0.25) is 0 Å². The Morgan fingerprint density at radius 3 is 2.05 bits per heavy atom. The third kappa shape index (κ3) is 7.84. The van der Waals surface area contributed by atoms with Crippen LogP contribution >= 0.6 is 0 Å². The number of nitrogens with zero attached hydrogens (tertiary/aromatic N) is 2. The molecule has 0 aromatic heterocycles. The summed E-state index contributed by atoms with van der Waals surface area (Å²) in [5, 5.41) is 17.9. The molecule has 124 valence electrons. The number of hydrogen-bond acceptors (Lipinski definition) is 5. The lowest BCUT2D eigenvalue weighted by atomic mass is 9.83. The number of carbonyl (C=O) groups excluding carboxylic acids is 1. The molecule has 0 spiro atoms. The molecule has 22 heavy (non-hydrogen) atoms. The van der Waals surface area contributed by atoms with Gasteiger partial charge in [0.1, 0.15) is 0 Å². The number of halogens is 3. The van der Waals surface area contributed by atoms with Crippen molar-refractivity contribution < 1.29 is 27.4 Å². The lowest BCUT2D eigenvalue weighted by Crippen LogP contribution is -2.27. The Balaban J connectivity index is 4.55. The highest BCUT2D eigenvalue weighted by Crippen LogP contribution is 2.33. The van der Waals surface area contributed by atoms with Crippen LogP contribution in [0.3, 0.4) is 0 Å². The predicted octanol–water partition coefficient (Wildman–Crippen LogP) is 3.11. The van der Waals surface area contributed by atoms with Gasteiger partial charge in [-0.1, -0.05) is 0 Å². The van der Waals surface area contributed by atoms with Crippen molar-refractivity contribution >= 4 is 5.97 Å². The molecule has 0 aromatic carbocycles. The zero-order valence-corrected chi connectivity index (χ0v) is 12.8. The minimum atomic E-state index is -4.49. The first kappa shape index (κ1) is 20.2. The molecule has 0 bridgehead atoms. The topological polar surface area (TPSA) is 83.1 Å². The van der Waals surface area contributed by atoms with E-state index in [2.05, 4.69) is 0 Å². The fourth-order valence-corrected chi connectivity index (χ4v) is 1.47. The van der Waals surface area contributed by atoms with E-state index in [0.29, 0.717) is 6.42 Å². The molecule has 0 N–H and O–H groups in total. The highest BCUT2D eigenvalue weighted by atomic mass is 19.4. The van der Waals surface area contributed by atoms with Gasteiger partial charge in [-0.25, -0.2) is 0 Å². The number of esters is 1. The summed E-state index contributed by atoms with van der Waals surface area (Å²) in [4.78, 5) is 11.6. The number of rotatable bonds is 8. The van der Waals surface area contributed by atoms with E-state index >= 15 is 0 Å². The minimum Gasteiger partial charge on any atom is -0.465 e. The molecule has 0 aromatic rings. The Morgan fingerprint density at radius 1 is 1.09 bits per heavy atom. The van der Waals surface area contributed by atoms with Gasteiger partial charge in [-0.2, -0.15) is 23.7 Å². The van der Waals surface area contributed by atoms with Crippen LogP contribution in [0.15, 0.2) is 0 Å². The van der Waals surface area contributed by atoms with Gasteiger partial charge in [0.15, 0.2) is 5.41 Å². The second-order valence-corrected chi connectivity index (χ2v) is 5.53. The summed E-state index contributed by atoms with van der Waals surface area (Å²) in [5.74, 6) is -0.878. The predicted molar refractivity (Wildman–Crippen MR) is 70.2 cm³/mol. The van der Waals surface area contributed by atoms with Crippen molar-refractivity contribution in [3.05, 3.63) is 0 Å². The molecule has 0 aliphatic rings. The summed E-state index contributed by atoms with van der Waals surface area (Å²) in [6.07, 6.45) is -6.88. The van der Waals surface area contributed by atoms with E-state index < -0.39 is 42.4 Å². The van der Waals surface area contributed by atoms with Crippen molar-refractivity contribution in [2.75, 3.05) is 13.7 Å². The number of nitriles is 2. The third-order valence-electron chi connectivity index (χ3n) is 3.23. The molecule has 0 saturated carbocycles. The maximum atomic E-state index is 12.2. The zero-order chi connectivity index (χ0) is 17.4. The first-order valence-electron chi connectivity index (χ1n) is 6.59. The van der Waals surface area contributed by atoms with Crippen LogP contribution in [-0.2, 0) is 14.3 Å². The fourth-order valence-electron chi connectivity index (χ4n) is 1.47. The zero-order valence-electron chi connectivity index (χ0n) is 12.8. The second-order valence-electron chi connectivity index (χ2n) is 5.53. The first-order chi connectivity index (χ1) is 9.99. The van der Waals surface area contributed by atoms with E-state index in [1.807, 2.05) is 0 Å². The third-order valence-corrected chi connectivity index (χ3v) is 3.23. The van der Waals surface area contributed by atoms with Crippen molar-refractivity contribution in [3.8, 4) is 12.1 Å². The van der Waals surface area contributed by atoms with Gasteiger partial charge in [-0.3, -0.25) is 4.79 Å². The molecule has 0 rings (SSSR count). The van der Waals surface area contributed by atoms with Gasteiger partial charge in [0.25, 0.3) is 0 Å². The molecule has 0 radical (unpaired) electrons. The molecular weight excluding hydrogens is 301 g/mol. The molecular formula is C14H19F3N2O3. The van der Waals surface area contributed by atoms with Crippen LogP contribution in [-0.4, -0.2) is 31.5 Å². The number of alkyl halides is 3. The fraction of sp³-hybridized carbons (Fsp3) is 0.786. The molecule has 0 saturated heterocycles. The van der Waals surface area contributed by atoms with Crippen molar-refractivity contribution in [3.63, 3.8) is 0 Å². The molecule has 0 aliphatic heterocycles. The van der Waals surface area contributed by atoms with Crippen molar-refractivity contribution in [2.45, 2.75) is 51.3 Å². The van der Waals surface area contributed by atoms with Gasteiger partial charge in [0, 0.05) is 20.0 Å². The molecule has 5 nitrogen and oxygen atoms in total. The Morgan fingerprint density at radius 2 is 1.64 bits per heavy atom. The smallest absolute Gasteiger partial charge is 0.389 e. The van der Waals surface area contributed by atoms with E-state index in [9.17, 15) is 18.0 Å². The standard InChI is InChI=1S/C14H19F3N2O3/c1-12(2,21-3)6-7-22-11(20)8-13(9-18,10-19)4-5-14(15,16)17/h4-8H2,1-3H3. The average Bonchev–Trinajstić information content (AvgIpc) is 2.42. The Labute approximate surface area is 127 Å². The van der Waals surface area contributed by atoms with Crippen molar-refractivity contribution in [1.29, 1.82) is 10.5 Å². The van der Waals surface area contributed by atoms with E-state index in [1.165, 1.54) is 19.2 Å².